The Labute approximate surface area is 94.9 Å². The molecule has 0 spiro atoms. The maximum absolute atomic E-state index is 10.2. The molecule has 0 fully saturated rings. The Morgan fingerprint density at radius 2 is 1.75 bits per heavy atom. The predicted octanol–water partition coefficient (Wildman–Crippen LogP) is -1.23. The molecule has 1 aromatic carbocycles. The number of carboxylic acids is 1. The van der Waals surface area contributed by atoms with Gasteiger partial charge >= 0.3 is 35.5 Å². The van der Waals surface area contributed by atoms with Crippen molar-refractivity contribution in [1.29, 1.82) is 0 Å². The first-order valence-corrected chi connectivity index (χ1v) is 3.05. The van der Waals surface area contributed by atoms with E-state index in [1.807, 2.05) is 18.2 Å². The van der Waals surface area contributed by atoms with E-state index in [1.54, 1.807) is 12.1 Å². The Kier molecular flexibility index (Phi) is 8.71. The van der Waals surface area contributed by atoms with Crippen LogP contribution < -0.4 is 29.6 Å². The Balaban J connectivity index is 0. The molecule has 0 bridgehead atoms. The molecule has 0 heterocycles. The van der Waals surface area contributed by atoms with Crippen molar-refractivity contribution in [1.82, 2.24) is 0 Å². The van der Waals surface area contributed by atoms with Gasteiger partial charge in [-0.15, -0.1) is 0 Å². The van der Waals surface area contributed by atoms with E-state index in [9.17, 15) is 4.79 Å². The average Bonchev–Trinajstić information content (AvgIpc) is 1.88. The second-order valence-electron chi connectivity index (χ2n) is 2.06. The van der Waals surface area contributed by atoms with Gasteiger partial charge in [0.25, 0.3) is 0 Å². The number of hydrogen-bond acceptors (Lipinski definition) is 1. The van der Waals surface area contributed by atoms with Crippen molar-refractivity contribution in [2.24, 2.45) is 0 Å². The topological polar surface area (TPSA) is 37.3 Å². The molecule has 1 aromatic rings. The first-order chi connectivity index (χ1) is 4.79. The van der Waals surface area contributed by atoms with Crippen molar-refractivity contribution in [2.45, 2.75) is 6.42 Å². The molecule has 0 amide bonds. The van der Waals surface area contributed by atoms with E-state index in [2.05, 4.69) is 0 Å². The first-order valence-electron chi connectivity index (χ1n) is 3.05. The Morgan fingerprint density at radius 3 is 2.17 bits per heavy atom. The van der Waals surface area contributed by atoms with E-state index in [-0.39, 0.29) is 43.4 Å². The van der Waals surface area contributed by atoms with Crippen LogP contribution in [0.4, 0.5) is 0 Å². The molecule has 0 radical (unpaired) electrons. The van der Waals surface area contributed by atoms with Crippen LogP contribution in [0.3, 0.4) is 0 Å². The molecule has 12 heavy (non-hydrogen) atoms. The Morgan fingerprint density at radius 1 is 1.25 bits per heavy atom. The van der Waals surface area contributed by atoms with Crippen LogP contribution in [0, 0.1) is 7.43 Å². The largest absolute Gasteiger partial charge is 1.00 e. The summed E-state index contributed by atoms with van der Waals surface area (Å²) >= 11 is 0. The summed E-state index contributed by atoms with van der Waals surface area (Å²) in [4.78, 5) is 10.2. The minimum absolute atomic E-state index is 0. The van der Waals surface area contributed by atoms with Gasteiger partial charge in [0.05, 0.1) is 6.42 Å². The van der Waals surface area contributed by atoms with Crippen LogP contribution in [0.25, 0.3) is 0 Å². The summed E-state index contributed by atoms with van der Waals surface area (Å²) in [6.45, 7) is 0. The van der Waals surface area contributed by atoms with Crippen molar-refractivity contribution in [3.63, 3.8) is 0 Å². The van der Waals surface area contributed by atoms with E-state index in [4.69, 9.17) is 5.11 Å². The number of carbonyl (C=O) groups is 1. The van der Waals surface area contributed by atoms with E-state index in [0.717, 1.165) is 5.56 Å². The number of hydrogen-bond donors (Lipinski definition) is 1. The first kappa shape index (κ1) is 14.2. The average molecular weight is 174 g/mol. The summed E-state index contributed by atoms with van der Waals surface area (Å²) in [7, 11) is 0. The minimum atomic E-state index is -0.786. The molecule has 3 heteroatoms. The number of benzene rings is 1. The fraction of sp³-hybridized carbons (Fsp3) is 0.111. The molecule has 2 nitrogen and oxygen atoms in total. The van der Waals surface area contributed by atoms with E-state index >= 15 is 0 Å². The summed E-state index contributed by atoms with van der Waals surface area (Å²) in [6.07, 6.45) is 0.112. The summed E-state index contributed by atoms with van der Waals surface area (Å²) in [5.41, 5.74) is 0.843. The third kappa shape index (κ3) is 5.35. The zero-order valence-electron chi connectivity index (χ0n) is 7.45. The van der Waals surface area contributed by atoms with Gasteiger partial charge in [-0.25, -0.2) is 0 Å². The van der Waals surface area contributed by atoms with Gasteiger partial charge in [-0.05, 0) is 5.56 Å². The predicted molar refractivity (Wildman–Crippen MR) is 44.2 cm³/mol. The summed E-state index contributed by atoms with van der Waals surface area (Å²) in [5.74, 6) is -0.786. The SMILES string of the molecule is O=C(O)Cc1ccccc1.[CH3-].[Na+]. The van der Waals surface area contributed by atoms with Crippen LogP contribution in [0.5, 0.6) is 0 Å². The van der Waals surface area contributed by atoms with Gasteiger partial charge in [-0.3, -0.25) is 4.79 Å². The molecule has 0 atom stereocenters. The van der Waals surface area contributed by atoms with Crippen LogP contribution in [0.15, 0.2) is 30.3 Å². The van der Waals surface area contributed by atoms with Crippen LogP contribution in [0.2, 0.25) is 0 Å². The normalized spacial score (nSPS) is 7.67. The molecule has 60 valence electrons. The maximum Gasteiger partial charge on any atom is 1.00 e. The quantitative estimate of drug-likeness (QED) is 0.450. The third-order valence-electron chi connectivity index (χ3n) is 1.20. The molecule has 0 aromatic heterocycles. The number of carboxylic acid groups (broad SMARTS) is 1. The van der Waals surface area contributed by atoms with E-state index < -0.39 is 5.97 Å². The van der Waals surface area contributed by atoms with Crippen molar-refractivity contribution in [3.8, 4) is 0 Å². The molecule has 0 unspecified atom stereocenters. The zero-order valence-corrected chi connectivity index (χ0v) is 9.45. The van der Waals surface area contributed by atoms with Gasteiger partial charge in [0.2, 0.25) is 0 Å². The molecular formula is C9H11NaO2. The molecule has 0 saturated carbocycles. The van der Waals surface area contributed by atoms with Gasteiger partial charge in [-0.1, -0.05) is 30.3 Å². The molecular weight excluding hydrogens is 163 g/mol. The van der Waals surface area contributed by atoms with Crippen LogP contribution in [-0.2, 0) is 11.2 Å². The fourth-order valence-electron chi connectivity index (χ4n) is 0.770. The third-order valence-corrected chi connectivity index (χ3v) is 1.20. The van der Waals surface area contributed by atoms with Crippen molar-refractivity contribution in [3.05, 3.63) is 43.3 Å². The van der Waals surface area contributed by atoms with Gasteiger partial charge in [0.1, 0.15) is 0 Å². The van der Waals surface area contributed by atoms with Crippen molar-refractivity contribution in [2.75, 3.05) is 0 Å². The van der Waals surface area contributed by atoms with Crippen molar-refractivity contribution >= 4 is 5.97 Å². The number of rotatable bonds is 2. The smallest absolute Gasteiger partial charge is 0.481 e. The maximum atomic E-state index is 10.2. The molecule has 0 aliphatic rings. The standard InChI is InChI=1S/C8H8O2.CH3.Na/c9-8(10)6-7-4-2-1-3-5-7;;/h1-5H,6H2,(H,9,10);1H3;/q;-1;+1. The Hall–Kier alpha value is -0.310. The second kappa shape index (κ2) is 7.35. The van der Waals surface area contributed by atoms with Gasteiger partial charge in [0.15, 0.2) is 0 Å². The van der Waals surface area contributed by atoms with E-state index in [1.165, 1.54) is 0 Å². The fourth-order valence-corrected chi connectivity index (χ4v) is 0.770. The van der Waals surface area contributed by atoms with Crippen LogP contribution in [0.1, 0.15) is 5.56 Å². The van der Waals surface area contributed by atoms with Gasteiger partial charge < -0.3 is 12.5 Å². The molecule has 0 aliphatic heterocycles. The van der Waals surface area contributed by atoms with E-state index in [0.29, 0.717) is 0 Å². The monoisotopic (exact) mass is 174 g/mol. The molecule has 1 rings (SSSR count). The number of aliphatic carboxylic acids is 1. The van der Waals surface area contributed by atoms with Crippen LogP contribution >= 0.6 is 0 Å². The van der Waals surface area contributed by atoms with Crippen LogP contribution in [-0.4, -0.2) is 11.1 Å². The summed E-state index contributed by atoms with van der Waals surface area (Å²) < 4.78 is 0. The van der Waals surface area contributed by atoms with Gasteiger partial charge in [-0.2, -0.15) is 0 Å². The summed E-state index contributed by atoms with van der Waals surface area (Å²) in [6, 6.07) is 9.13. The molecule has 0 aliphatic carbocycles. The Bertz CT molecular complexity index is 221. The van der Waals surface area contributed by atoms with Gasteiger partial charge in [0, 0.05) is 0 Å². The zero-order chi connectivity index (χ0) is 7.40. The minimum Gasteiger partial charge on any atom is -0.481 e. The second-order valence-corrected chi connectivity index (χ2v) is 2.06. The molecule has 1 N–H and O–H groups in total. The van der Waals surface area contributed by atoms with Crippen molar-refractivity contribution < 1.29 is 39.5 Å². The summed E-state index contributed by atoms with van der Waals surface area (Å²) in [5, 5.41) is 8.37. The molecule has 0 saturated heterocycles.